The van der Waals surface area contributed by atoms with E-state index in [9.17, 15) is 4.79 Å². The molecule has 0 aromatic heterocycles. The minimum absolute atomic E-state index is 0.286. The smallest absolute Gasteiger partial charge is 0.338 e. The third-order valence-corrected chi connectivity index (χ3v) is 2.16. The highest BCUT2D eigenvalue weighted by Gasteiger charge is 2.04. The lowest BCUT2D eigenvalue weighted by atomic mass is 10.1. The van der Waals surface area contributed by atoms with Crippen LogP contribution in [0.4, 0.5) is 0 Å². The van der Waals surface area contributed by atoms with Crippen LogP contribution in [0, 0.1) is 0 Å². The van der Waals surface area contributed by atoms with E-state index < -0.39 is 0 Å². The first-order valence-corrected chi connectivity index (χ1v) is 6.02. The van der Waals surface area contributed by atoms with Crippen LogP contribution in [0.3, 0.4) is 0 Å². The highest BCUT2D eigenvalue weighted by Crippen LogP contribution is 2.18. The van der Waals surface area contributed by atoms with Crippen molar-refractivity contribution >= 4 is 43.9 Å². The van der Waals surface area contributed by atoms with Crippen LogP contribution >= 0.6 is 31.9 Å². The van der Waals surface area contributed by atoms with E-state index in [1.54, 1.807) is 19.1 Å². The van der Waals surface area contributed by atoms with Gasteiger partial charge in [-0.25, -0.2) is 4.79 Å². The van der Waals surface area contributed by atoms with E-state index >= 15 is 0 Å². The molecule has 1 aromatic carbocycles. The van der Waals surface area contributed by atoms with E-state index in [1.807, 2.05) is 18.2 Å². The van der Waals surface area contributed by atoms with Gasteiger partial charge in [0.05, 0.1) is 15.6 Å². The third kappa shape index (κ3) is 4.18. The van der Waals surface area contributed by atoms with Gasteiger partial charge >= 0.3 is 5.97 Å². The molecule has 0 aliphatic carbocycles. The van der Waals surface area contributed by atoms with Gasteiger partial charge in [0.15, 0.2) is 0 Å². The number of ether oxygens (including phenoxy) is 1. The lowest BCUT2D eigenvalue weighted by Gasteiger charge is -2.01. The van der Waals surface area contributed by atoms with E-state index in [0.29, 0.717) is 12.2 Å². The number of carbonyl (C=O) groups excluding carboxylic acids is 1. The van der Waals surface area contributed by atoms with Gasteiger partial charge in [-0.15, -0.1) is 0 Å². The number of carbonyl (C=O) groups is 1. The van der Waals surface area contributed by atoms with Crippen LogP contribution < -0.4 is 0 Å². The molecule has 0 unspecified atom stereocenters. The molecule has 0 aliphatic rings. The number of halogens is 2. The molecule has 0 bridgehead atoms. The van der Waals surface area contributed by atoms with Crippen molar-refractivity contribution in [1.82, 2.24) is 0 Å². The van der Waals surface area contributed by atoms with E-state index in [1.165, 1.54) is 0 Å². The fraction of sp³-hybridized carbons (Fsp3) is 0.182. The Kier molecular flexibility index (Phi) is 5.05. The largest absolute Gasteiger partial charge is 0.462 e. The molecule has 0 N–H and O–H groups in total. The maximum absolute atomic E-state index is 11.3. The van der Waals surface area contributed by atoms with Gasteiger partial charge in [0.25, 0.3) is 0 Å². The summed E-state index contributed by atoms with van der Waals surface area (Å²) in [6, 6.07) is 7.20. The number of hydrogen-bond acceptors (Lipinski definition) is 2. The van der Waals surface area contributed by atoms with Gasteiger partial charge in [-0.1, -0.05) is 12.1 Å². The molecule has 15 heavy (non-hydrogen) atoms. The summed E-state index contributed by atoms with van der Waals surface area (Å²) in [5.41, 5.74) is 1.58. The molecular formula is C11H10Br2O2. The van der Waals surface area contributed by atoms with Crippen molar-refractivity contribution in [2.24, 2.45) is 0 Å². The van der Waals surface area contributed by atoms with Crippen molar-refractivity contribution in [3.63, 3.8) is 0 Å². The Morgan fingerprint density at radius 2 is 1.93 bits per heavy atom. The topological polar surface area (TPSA) is 26.3 Å². The lowest BCUT2D eigenvalue weighted by molar-refractivity contribution is 0.0526. The number of rotatable bonds is 3. The monoisotopic (exact) mass is 332 g/mol. The molecule has 0 saturated heterocycles. The molecule has 2 nitrogen and oxygen atoms in total. The normalized spacial score (nSPS) is 9.53. The van der Waals surface area contributed by atoms with Crippen molar-refractivity contribution < 1.29 is 9.53 Å². The van der Waals surface area contributed by atoms with Crippen molar-refractivity contribution in [1.29, 1.82) is 0 Å². The summed E-state index contributed by atoms with van der Waals surface area (Å²) >= 11 is 6.54. The summed E-state index contributed by atoms with van der Waals surface area (Å²) in [7, 11) is 0. The van der Waals surface area contributed by atoms with Crippen molar-refractivity contribution in [3.8, 4) is 0 Å². The highest BCUT2D eigenvalue weighted by atomic mass is 79.9. The fourth-order valence-electron chi connectivity index (χ4n) is 1.06. The quantitative estimate of drug-likeness (QED) is 0.783. The number of hydrogen-bond donors (Lipinski definition) is 0. The Morgan fingerprint density at radius 1 is 1.33 bits per heavy atom. The molecule has 0 atom stereocenters. The molecule has 0 spiro atoms. The molecule has 0 aliphatic heterocycles. The average molecular weight is 334 g/mol. The summed E-state index contributed by atoms with van der Waals surface area (Å²) in [6.07, 6.45) is 1.90. The second-order valence-electron chi connectivity index (χ2n) is 2.78. The molecule has 80 valence electrons. The molecular weight excluding hydrogens is 324 g/mol. The van der Waals surface area contributed by atoms with Crippen molar-refractivity contribution in [3.05, 3.63) is 38.8 Å². The van der Waals surface area contributed by atoms with E-state index in [-0.39, 0.29) is 5.97 Å². The summed E-state index contributed by atoms with van der Waals surface area (Å²) in [6.45, 7) is 2.18. The molecule has 0 saturated carbocycles. The molecule has 0 heterocycles. The highest BCUT2D eigenvalue weighted by molar-refractivity contribution is 9.28. The standard InChI is InChI=1S/C11H10Br2O2/c1-2-15-11(14)9-5-3-8(4-6-9)7-10(12)13/h3-7H,2H2,1H3. The van der Waals surface area contributed by atoms with Gasteiger partial charge < -0.3 is 4.74 Å². The van der Waals surface area contributed by atoms with Gasteiger partial charge in [0.1, 0.15) is 0 Å². The predicted octanol–water partition coefficient (Wildman–Crippen LogP) is 3.95. The van der Waals surface area contributed by atoms with Gasteiger partial charge in [-0.05, 0) is 62.6 Å². The summed E-state index contributed by atoms with van der Waals surface area (Å²) < 4.78 is 5.74. The molecule has 4 heteroatoms. The van der Waals surface area contributed by atoms with Crippen LogP contribution in [0.1, 0.15) is 22.8 Å². The SMILES string of the molecule is CCOC(=O)c1ccc(C=C(Br)Br)cc1. The van der Waals surface area contributed by atoms with Crippen LogP contribution in [0.15, 0.2) is 27.7 Å². The van der Waals surface area contributed by atoms with Gasteiger partial charge in [-0.2, -0.15) is 0 Å². The van der Waals surface area contributed by atoms with Gasteiger partial charge in [0, 0.05) is 0 Å². The minimum Gasteiger partial charge on any atom is -0.462 e. The van der Waals surface area contributed by atoms with Crippen LogP contribution in [0.5, 0.6) is 0 Å². The predicted molar refractivity (Wildman–Crippen MR) is 68.2 cm³/mol. The maximum atomic E-state index is 11.3. The second-order valence-corrected chi connectivity index (χ2v) is 5.55. The molecule has 1 aromatic rings. The summed E-state index contributed by atoms with van der Waals surface area (Å²) in [4.78, 5) is 11.3. The lowest BCUT2D eigenvalue weighted by Crippen LogP contribution is -2.03. The zero-order chi connectivity index (χ0) is 11.3. The molecule has 0 amide bonds. The van der Waals surface area contributed by atoms with Crippen molar-refractivity contribution in [2.75, 3.05) is 6.61 Å². The Labute approximate surface area is 106 Å². The first kappa shape index (κ1) is 12.5. The fourth-order valence-corrected chi connectivity index (χ4v) is 1.58. The Balaban J connectivity index is 2.81. The van der Waals surface area contributed by atoms with Crippen LogP contribution in [-0.2, 0) is 4.74 Å². The van der Waals surface area contributed by atoms with Gasteiger partial charge in [0.2, 0.25) is 0 Å². The minimum atomic E-state index is -0.286. The summed E-state index contributed by atoms with van der Waals surface area (Å²) in [5.74, 6) is -0.286. The van der Waals surface area contributed by atoms with Gasteiger partial charge in [-0.3, -0.25) is 0 Å². The molecule has 1 rings (SSSR count). The first-order chi connectivity index (χ1) is 7.13. The summed E-state index contributed by atoms with van der Waals surface area (Å²) in [5, 5.41) is 0. The zero-order valence-electron chi connectivity index (χ0n) is 8.17. The maximum Gasteiger partial charge on any atom is 0.338 e. The van der Waals surface area contributed by atoms with E-state index in [4.69, 9.17) is 4.74 Å². The Hall–Kier alpha value is -0.610. The van der Waals surface area contributed by atoms with E-state index in [0.717, 1.165) is 8.96 Å². The zero-order valence-corrected chi connectivity index (χ0v) is 11.3. The number of esters is 1. The Morgan fingerprint density at radius 3 is 2.40 bits per heavy atom. The number of benzene rings is 1. The molecule has 0 radical (unpaired) electrons. The molecule has 0 fully saturated rings. The second kappa shape index (κ2) is 6.08. The third-order valence-electron chi connectivity index (χ3n) is 1.70. The van der Waals surface area contributed by atoms with Crippen LogP contribution in [0.25, 0.3) is 6.08 Å². The Bertz CT molecular complexity index is 365. The first-order valence-electron chi connectivity index (χ1n) is 4.43. The van der Waals surface area contributed by atoms with E-state index in [2.05, 4.69) is 31.9 Å². The van der Waals surface area contributed by atoms with Crippen LogP contribution in [-0.4, -0.2) is 12.6 Å². The average Bonchev–Trinajstić information content (AvgIpc) is 2.18. The van der Waals surface area contributed by atoms with Crippen LogP contribution in [0.2, 0.25) is 0 Å². The van der Waals surface area contributed by atoms with Crippen molar-refractivity contribution in [2.45, 2.75) is 6.92 Å².